The first-order chi connectivity index (χ1) is 14.6. The molecule has 3 fully saturated rings. The minimum atomic E-state index is -0.918. The fraction of sp³-hybridized carbons (Fsp3) is 0.852. The van der Waals surface area contributed by atoms with Crippen LogP contribution in [0.1, 0.15) is 92.4 Å². The number of carbonyl (C=O) groups is 1. The predicted molar refractivity (Wildman–Crippen MR) is 124 cm³/mol. The van der Waals surface area contributed by atoms with Gasteiger partial charge >= 0.3 is 0 Å². The van der Waals surface area contributed by atoms with E-state index < -0.39 is 6.10 Å². The van der Waals surface area contributed by atoms with E-state index in [-0.39, 0.29) is 11.2 Å². The molecule has 0 aromatic heterocycles. The molecule has 4 aliphatic rings. The lowest BCUT2D eigenvalue weighted by Gasteiger charge is -2.58. The fourth-order valence-corrected chi connectivity index (χ4v) is 8.60. The van der Waals surface area contributed by atoms with Gasteiger partial charge in [0.15, 0.2) is 5.78 Å². The number of fused-ring (bicyclic) bond motifs is 5. The van der Waals surface area contributed by atoms with E-state index in [1.165, 1.54) is 38.5 Å². The molecule has 0 bridgehead atoms. The number of aliphatic hydroxyl groups excluding tert-OH is 1. The van der Waals surface area contributed by atoms with Crippen molar-refractivity contribution in [1.82, 2.24) is 0 Å². The molecule has 0 amide bonds. The summed E-state index contributed by atoms with van der Waals surface area (Å²) < 4.78 is 0. The van der Waals surface area contributed by atoms with Gasteiger partial charge in [-0.2, -0.15) is 0 Å². The summed E-state index contributed by atoms with van der Waals surface area (Å²) in [6, 6.07) is 0. The normalized spacial score (nSPS) is 44.6. The molecule has 8 atom stereocenters. The van der Waals surface area contributed by atoms with Crippen LogP contribution in [0.3, 0.4) is 0 Å². The second-order valence-electron chi connectivity index (χ2n) is 12.3. The van der Waals surface area contributed by atoms with Gasteiger partial charge in [0, 0.05) is 5.41 Å². The summed E-state index contributed by atoms with van der Waals surface area (Å²) in [5.41, 5.74) is 1.69. The van der Waals surface area contributed by atoms with Crippen LogP contribution in [0.25, 0.3) is 0 Å². The smallest absolute Gasteiger partial charge is 0.184 e. The van der Waals surface area contributed by atoms with Crippen LogP contribution in [-0.4, -0.2) is 27.9 Å². The first-order valence-electron chi connectivity index (χ1n) is 12.8. The number of oxime groups is 1. The minimum Gasteiger partial charge on any atom is -0.411 e. The maximum atomic E-state index is 12.2. The van der Waals surface area contributed by atoms with Crippen LogP contribution in [-0.2, 0) is 4.79 Å². The van der Waals surface area contributed by atoms with Gasteiger partial charge in [0.1, 0.15) is 6.10 Å². The highest BCUT2D eigenvalue weighted by Crippen LogP contribution is 2.67. The maximum absolute atomic E-state index is 12.2. The first-order valence-corrected chi connectivity index (χ1v) is 12.8. The third kappa shape index (κ3) is 3.71. The number of hydrogen-bond donors (Lipinski definition) is 2. The highest BCUT2D eigenvalue weighted by atomic mass is 16.4. The number of nitrogens with zero attached hydrogens (tertiary/aromatic N) is 1. The van der Waals surface area contributed by atoms with E-state index in [4.69, 9.17) is 0 Å². The van der Waals surface area contributed by atoms with Gasteiger partial charge in [-0.25, -0.2) is 0 Å². The second-order valence-corrected chi connectivity index (χ2v) is 12.3. The Bertz CT molecular complexity index is 770. The number of hydrogen-bond acceptors (Lipinski definition) is 4. The van der Waals surface area contributed by atoms with Crippen molar-refractivity contribution in [2.75, 3.05) is 0 Å². The van der Waals surface area contributed by atoms with E-state index in [0.29, 0.717) is 35.3 Å². The summed E-state index contributed by atoms with van der Waals surface area (Å²) in [4.78, 5) is 12.2. The lowest BCUT2D eigenvalue weighted by atomic mass is 9.46. The molecule has 0 saturated heterocycles. The Morgan fingerprint density at radius 3 is 2.55 bits per heavy atom. The van der Waals surface area contributed by atoms with Gasteiger partial charge in [-0.3, -0.25) is 4.79 Å². The molecule has 4 unspecified atom stereocenters. The zero-order valence-electron chi connectivity index (χ0n) is 20.2. The number of aliphatic hydroxyl groups is 1. The summed E-state index contributed by atoms with van der Waals surface area (Å²) in [6.07, 6.45) is 10.9. The predicted octanol–water partition coefficient (Wildman–Crippen LogP) is 6.01. The Labute approximate surface area is 188 Å². The van der Waals surface area contributed by atoms with Crippen molar-refractivity contribution >= 4 is 11.5 Å². The van der Waals surface area contributed by atoms with E-state index in [9.17, 15) is 15.1 Å². The van der Waals surface area contributed by atoms with Gasteiger partial charge in [-0.15, -0.1) is 0 Å². The van der Waals surface area contributed by atoms with Crippen molar-refractivity contribution < 1.29 is 15.1 Å². The largest absolute Gasteiger partial charge is 0.411 e. The lowest BCUT2D eigenvalue weighted by molar-refractivity contribution is -0.127. The van der Waals surface area contributed by atoms with Crippen molar-refractivity contribution in [2.45, 2.75) is 98.5 Å². The van der Waals surface area contributed by atoms with E-state index in [1.54, 1.807) is 6.08 Å². The average molecular weight is 430 g/mol. The van der Waals surface area contributed by atoms with Crippen LogP contribution >= 0.6 is 0 Å². The second kappa shape index (κ2) is 8.32. The van der Waals surface area contributed by atoms with E-state index >= 15 is 0 Å². The van der Waals surface area contributed by atoms with Gasteiger partial charge in [0.2, 0.25) is 0 Å². The topological polar surface area (TPSA) is 69.9 Å². The highest BCUT2D eigenvalue weighted by molar-refractivity contribution is 6.09. The molecule has 0 radical (unpaired) electrons. The number of rotatable bonds is 5. The van der Waals surface area contributed by atoms with Crippen molar-refractivity contribution in [3.63, 3.8) is 0 Å². The monoisotopic (exact) mass is 429 g/mol. The van der Waals surface area contributed by atoms with Crippen LogP contribution in [0.15, 0.2) is 16.8 Å². The van der Waals surface area contributed by atoms with Crippen LogP contribution in [0.2, 0.25) is 0 Å². The van der Waals surface area contributed by atoms with Crippen LogP contribution in [0.4, 0.5) is 0 Å². The lowest BCUT2D eigenvalue weighted by Crippen LogP contribution is -2.54. The van der Waals surface area contributed by atoms with Crippen molar-refractivity contribution in [3.8, 4) is 0 Å². The third-order valence-corrected chi connectivity index (χ3v) is 10.2. The molecule has 31 heavy (non-hydrogen) atoms. The minimum absolute atomic E-state index is 0.233. The summed E-state index contributed by atoms with van der Waals surface area (Å²) in [5, 5.41) is 23.9. The van der Waals surface area contributed by atoms with Gasteiger partial charge in [0.25, 0.3) is 0 Å². The molecule has 2 N–H and O–H groups in total. The molecule has 4 nitrogen and oxygen atoms in total. The maximum Gasteiger partial charge on any atom is 0.184 e. The molecule has 4 heteroatoms. The van der Waals surface area contributed by atoms with Crippen LogP contribution in [0.5, 0.6) is 0 Å². The molecule has 4 aliphatic carbocycles. The Hall–Kier alpha value is -1.16. The number of allylic oxidation sites excluding steroid dienone is 1. The van der Waals surface area contributed by atoms with Crippen molar-refractivity contribution in [3.05, 3.63) is 11.6 Å². The van der Waals surface area contributed by atoms with Gasteiger partial charge in [-0.05, 0) is 91.1 Å². The molecular formula is C27H43NO3. The third-order valence-electron chi connectivity index (χ3n) is 10.2. The van der Waals surface area contributed by atoms with E-state index in [2.05, 4.69) is 39.8 Å². The molecule has 0 spiro atoms. The van der Waals surface area contributed by atoms with Gasteiger partial charge in [0.05, 0.1) is 5.71 Å². The zero-order valence-corrected chi connectivity index (χ0v) is 20.2. The fourth-order valence-electron chi connectivity index (χ4n) is 8.60. The highest BCUT2D eigenvalue weighted by Gasteiger charge is 2.61. The zero-order chi connectivity index (χ0) is 22.6. The SMILES string of the molecule is CC(C)CCCC(C)[C@H]1CCC2C3C/C(=N/O)C4=CC(=O)[C@H](O)C[C@]4(C)C3CC[C@@]21C. The molecule has 0 aromatic carbocycles. The summed E-state index contributed by atoms with van der Waals surface area (Å²) in [5.74, 6) is 3.69. The Morgan fingerprint density at radius 2 is 1.87 bits per heavy atom. The average Bonchev–Trinajstić information content (AvgIpc) is 3.06. The first kappa shape index (κ1) is 23.0. The molecule has 174 valence electrons. The number of carbonyl (C=O) groups excluding carboxylic acids is 1. The summed E-state index contributed by atoms with van der Waals surface area (Å²) in [7, 11) is 0. The molecule has 0 aliphatic heterocycles. The molecule has 4 rings (SSSR count). The quantitative estimate of drug-likeness (QED) is 0.415. The standard InChI is InChI=1S/C27H43NO3/c1-16(2)7-6-8-17(3)19-9-10-20-18-13-23(28-31)22-14-24(29)25(30)15-27(22,5)21(18)11-12-26(19,20)4/h14,16-21,25,30-31H,6-13,15H2,1-5H3/b28-23-/t17?,18?,19-,20?,21?,25-,26-,27-/m1/s1. The molecule has 0 aromatic rings. The Morgan fingerprint density at radius 1 is 1.13 bits per heavy atom. The van der Waals surface area contributed by atoms with Gasteiger partial charge in [-0.1, -0.05) is 59.0 Å². The van der Waals surface area contributed by atoms with E-state index in [0.717, 1.165) is 36.2 Å². The molecule has 3 saturated carbocycles. The number of ketones is 1. The van der Waals surface area contributed by atoms with Crippen molar-refractivity contribution in [1.29, 1.82) is 0 Å². The van der Waals surface area contributed by atoms with Crippen LogP contribution in [0, 0.1) is 46.3 Å². The van der Waals surface area contributed by atoms with E-state index in [1.807, 2.05) is 0 Å². The van der Waals surface area contributed by atoms with Crippen LogP contribution < -0.4 is 0 Å². The molecule has 0 heterocycles. The Kier molecular flexibility index (Phi) is 6.17. The Balaban J connectivity index is 1.58. The summed E-state index contributed by atoms with van der Waals surface area (Å²) >= 11 is 0. The summed E-state index contributed by atoms with van der Waals surface area (Å²) in [6.45, 7) is 11.9. The van der Waals surface area contributed by atoms with Gasteiger partial charge < -0.3 is 10.3 Å². The molecular weight excluding hydrogens is 386 g/mol. The van der Waals surface area contributed by atoms with Crippen molar-refractivity contribution in [2.24, 2.45) is 51.5 Å².